The van der Waals surface area contributed by atoms with Crippen molar-refractivity contribution < 1.29 is 4.74 Å². The third-order valence-corrected chi connectivity index (χ3v) is 5.62. The van der Waals surface area contributed by atoms with Gasteiger partial charge in [0, 0.05) is 18.0 Å². The zero-order valence-electron chi connectivity index (χ0n) is 11.5. The molecule has 0 N–H and O–H groups in total. The lowest BCUT2D eigenvalue weighted by molar-refractivity contribution is 0.230. The molecule has 2 aliphatic rings. The average molecular weight is 283 g/mol. The predicted molar refractivity (Wildman–Crippen MR) is 82.1 cm³/mol. The number of methoxy groups -OCH3 is 1. The van der Waals surface area contributed by atoms with Crippen molar-refractivity contribution in [3.05, 3.63) is 59.2 Å². The van der Waals surface area contributed by atoms with E-state index in [0.717, 1.165) is 18.8 Å². The van der Waals surface area contributed by atoms with Crippen LogP contribution in [0.15, 0.2) is 47.4 Å². The second-order valence-corrected chi connectivity index (χ2v) is 6.49. The molecule has 0 radical (unpaired) electrons. The van der Waals surface area contributed by atoms with Gasteiger partial charge in [-0.3, -0.25) is 4.90 Å². The normalized spacial score (nSPS) is 20.8. The van der Waals surface area contributed by atoms with Crippen LogP contribution in [0.4, 0.5) is 0 Å². The SMILES string of the molecule is COc1ccc2c(c1)SC1c3ccccc3CCN1C2. The van der Waals surface area contributed by atoms with E-state index in [9.17, 15) is 0 Å². The van der Waals surface area contributed by atoms with E-state index in [4.69, 9.17) is 4.74 Å². The fraction of sp³-hybridized carbons (Fsp3) is 0.294. The minimum atomic E-state index is 0.458. The molecule has 0 saturated carbocycles. The van der Waals surface area contributed by atoms with Crippen molar-refractivity contribution in [3.8, 4) is 5.75 Å². The van der Waals surface area contributed by atoms with Crippen LogP contribution in [0.5, 0.6) is 5.75 Å². The van der Waals surface area contributed by atoms with Crippen LogP contribution in [0.1, 0.15) is 22.1 Å². The Morgan fingerprint density at radius 2 is 2.05 bits per heavy atom. The number of thioether (sulfide) groups is 1. The quantitative estimate of drug-likeness (QED) is 0.788. The van der Waals surface area contributed by atoms with Crippen LogP contribution in [0, 0.1) is 0 Å². The first-order chi connectivity index (χ1) is 9.85. The van der Waals surface area contributed by atoms with E-state index in [-0.39, 0.29) is 0 Å². The fourth-order valence-electron chi connectivity index (χ4n) is 3.12. The fourth-order valence-corrected chi connectivity index (χ4v) is 4.52. The van der Waals surface area contributed by atoms with Gasteiger partial charge in [0.15, 0.2) is 0 Å². The summed E-state index contributed by atoms with van der Waals surface area (Å²) in [6.07, 6.45) is 1.17. The summed E-state index contributed by atoms with van der Waals surface area (Å²) in [6, 6.07) is 15.3. The first kappa shape index (κ1) is 12.3. The molecule has 0 aliphatic carbocycles. The van der Waals surface area contributed by atoms with Gasteiger partial charge >= 0.3 is 0 Å². The lowest BCUT2D eigenvalue weighted by atomic mass is 9.99. The molecule has 0 fully saturated rings. The number of fused-ring (bicyclic) bond motifs is 4. The van der Waals surface area contributed by atoms with Gasteiger partial charge in [-0.15, -0.1) is 11.8 Å². The summed E-state index contributed by atoms with van der Waals surface area (Å²) in [5.74, 6) is 0.953. The monoisotopic (exact) mass is 283 g/mol. The highest BCUT2D eigenvalue weighted by Gasteiger charge is 2.32. The van der Waals surface area contributed by atoms with Crippen molar-refractivity contribution in [3.63, 3.8) is 0 Å². The zero-order chi connectivity index (χ0) is 13.5. The van der Waals surface area contributed by atoms with Crippen molar-refractivity contribution >= 4 is 11.8 Å². The molecular weight excluding hydrogens is 266 g/mol. The Morgan fingerprint density at radius 3 is 2.95 bits per heavy atom. The Kier molecular flexibility index (Phi) is 2.97. The molecule has 2 heterocycles. The summed E-state index contributed by atoms with van der Waals surface area (Å²) in [6.45, 7) is 2.20. The molecule has 0 saturated heterocycles. The Bertz CT molecular complexity index is 655. The zero-order valence-corrected chi connectivity index (χ0v) is 12.3. The average Bonchev–Trinajstić information content (AvgIpc) is 2.52. The molecule has 0 bridgehead atoms. The Labute approximate surface area is 123 Å². The van der Waals surface area contributed by atoms with Gasteiger partial charge in [-0.05, 0) is 35.2 Å². The molecule has 3 heteroatoms. The highest BCUT2D eigenvalue weighted by molar-refractivity contribution is 7.99. The number of nitrogens with zero attached hydrogens (tertiary/aromatic N) is 1. The lowest BCUT2D eigenvalue weighted by Gasteiger charge is -2.40. The summed E-state index contributed by atoms with van der Waals surface area (Å²) in [7, 11) is 1.73. The summed E-state index contributed by atoms with van der Waals surface area (Å²) in [4.78, 5) is 3.95. The molecule has 2 aromatic carbocycles. The summed E-state index contributed by atoms with van der Waals surface area (Å²) in [5.41, 5.74) is 4.41. The number of rotatable bonds is 1. The minimum absolute atomic E-state index is 0.458. The van der Waals surface area contributed by atoms with Crippen molar-refractivity contribution in [2.24, 2.45) is 0 Å². The molecule has 20 heavy (non-hydrogen) atoms. The van der Waals surface area contributed by atoms with Gasteiger partial charge in [-0.1, -0.05) is 30.3 Å². The number of hydrogen-bond donors (Lipinski definition) is 0. The summed E-state index contributed by atoms with van der Waals surface area (Å²) in [5, 5.41) is 0.458. The topological polar surface area (TPSA) is 12.5 Å². The van der Waals surface area contributed by atoms with E-state index < -0.39 is 0 Å². The van der Waals surface area contributed by atoms with E-state index >= 15 is 0 Å². The largest absolute Gasteiger partial charge is 0.497 e. The van der Waals surface area contributed by atoms with Gasteiger partial charge in [-0.25, -0.2) is 0 Å². The molecule has 0 spiro atoms. The summed E-state index contributed by atoms with van der Waals surface area (Å²) >= 11 is 1.96. The maximum Gasteiger partial charge on any atom is 0.119 e. The van der Waals surface area contributed by atoms with Crippen LogP contribution in [0.25, 0.3) is 0 Å². The lowest BCUT2D eigenvalue weighted by Crippen LogP contribution is -2.35. The Balaban J connectivity index is 1.75. The summed E-state index contributed by atoms with van der Waals surface area (Å²) < 4.78 is 5.36. The van der Waals surface area contributed by atoms with Gasteiger partial charge in [-0.2, -0.15) is 0 Å². The van der Waals surface area contributed by atoms with Crippen LogP contribution in [-0.4, -0.2) is 18.6 Å². The van der Waals surface area contributed by atoms with E-state index in [1.165, 1.54) is 28.0 Å². The Hall–Kier alpha value is -1.45. The first-order valence-electron chi connectivity index (χ1n) is 7.00. The highest BCUT2D eigenvalue weighted by atomic mass is 32.2. The van der Waals surface area contributed by atoms with Crippen molar-refractivity contribution in [1.82, 2.24) is 4.90 Å². The van der Waals surface area contributed by atoms with Crippen LogP contribution in [0.2, 0.25) is 0 Å². The predicted octanol–water partition coefficient (Wildman–Crippen LogP) is 3.86. The van der Waals surface area contributed by atoms with Crippen LogP contribution >= 0.6 is 11.8 Å². The van der Waals surface area contributed by atoms with Gasteiger partial charge in [0.1, 0.15) is 5.75 Å². The van der Waals surface area contributed by atoms with Gasteiger partial charge in [0.05, 0.1) is 12.5 Å². The van der Waals surface area contributed by atoms with E-state index in [1.807, 2.05) is 11.8 Å². The second kappa shape index (κ2) is 4.83. The van der Waals surface area contributed by atoms with Crippen LogP contribution in [0.3, 0.4) is 0 Å². The van der Waals surface area contributed by atoms with E-state index in [2.05, 4.69) is 47.4 Å². The standard InChI is InChI=1S/C17H17NOS/c1-19-14-7-6-13-11-18-9-8-12-4-2-3-5-15(12)17(18)20-16(13)10-14/h2-7,10,17H,8-9,11H2,1H3. The number of ether oxygens (including phenoxy) is 1. The van der Waals surface area contributed by atoms with E-state index in [1.54, 1.807) is 7.11 Å². The molecule has 1 atom stereocenters. The molecule has 2 aliphatic heterocycles. The molecule has 0 aromatic heterocycles. The van der Waals surface area contributed by atoms with Crippen molar-refractivity contribution in [2.75, 3.05) is 13.7 Å². The molecule has 2 aromatic rings. The number of hydrogen-bond acceptors (Lipinski definition) is 3. The molecule has 102 valence electrons. The second-order valence-electron chi connectivity index (χ2n) is 5.36. The maximum absolute atomic E-state index is 5.36. The molecule has 2 nitrogen and oxygen atoms in total. The van der Waals surface area contributed by atoms with E-state index in [0.29, 0.717) is 5.37 Å². The highest BCUT2D eigenvalue weighted by Crippen LogP contribution is 2.48. The smallest absolute Gasteiger partial charge is 0.119 e. The third-order valence-electron chi connectivity index (χ3n) is 4.21. The molecule has 4 rings (SSSR count). The molecular formula is C17H17NOS. The Morgan fingerprint density at radius 1 is 1.15 bits per heavy atom. The van der Waals surface area contributed by atoms with Crippen LogP contribution < -0.4 is 4.74 Å². The minimum Gasteiger partial charge on any atom is -0.497 e. The third kappa shape index (κ3) is 1.93. The van der Waals surface area contributed by atoms with Gasteiger partial charge in [0.2, 0.25) is 0 Å². The maximum atomic E-state index is 5.36. The van der Waals surface area contributed by atoms with Gasteiger partial charge < -0.3 is 4.74 Å². The number of benzene rings is 2. The first-order valence-corrected chi connectivity index (χ1v) is 7.88. The molecule has 1 unspecified atom stereocenters. The van der Waals surface area contributed by atoms with Crippen LogP contribution in [-0.2, 0) is 13.0 Å². The molecule has 0 amide bonds. The van der Waals surface area contributed by atoms with Crippen molar-refractivity contribution in [2.45, 2.75) is 23.2 Å². The van der Waals surface area contributed by atoms with Crippen molar-refractivity contribution in [1.29, 1.82) is 0 Å². The van der Waals surface area contributed by atoms with Gasteiger partial charge in [0.25, 0.3) is 0 Å².